The fourth-order valence-electron chi connectivity index (χ4n) is 4.01. The minimum Gasteiger partial charge on any atom is -0.324 e. The van der Waals surface area contributed by atoms with Gasteiger partial charge in [0.25, 0.3) is 0 Å². The summed E-state index contributed by atoms with van der Waals surface area (Å²) in [5, 5.41) is 3.69. The summed E-state index contributed by atoms with van der Waals surface area (Å²) in [5.41, 5.74) is 2.23. The molecule has 1 fully saturated rings. The molecule has 9 heteroatoms. The largest absolute Gasteiger partial charge is 0.324 e. The number of amides is 1. The standard InChI is InChI=1S/C24H20FN3O3S2/c25-16-11-13-17(14-12-16)33(30,31)28-15-5-9-21(28)23(29)26-19-7-2-1-6-18(19)24-27-20-8-3-4-10-22(20)32-24/h1-4,6-8,10-14,21H,5,9,15H2,(H,26,29)/t21-/m0/s1. The number of carbonyl (C=O) groups is 1. The van der Waals surface area contributed by atoms with Crippen molar-refractivity contribution in [3.63, 3.8) is 0 Å². The maximum atomic E-state index is 13.3. The lowest BCUT2D eigenvalue weighted by Crippen LogP contribution is -2.43. The van der Waals surface area contributed by atoms with Gasteiger partial charge in [-0.15, -0.1) is 11.3 Å². The summed E-state index contributed by atoms with van der Waals surface area (Å²) in [4.78, 5) is 17.9. The molecular formula is C24H20FN3O3S2. The summed E-state index contributed by atoms with van der Waals surface area (Å²) in [6, 6.07) is 19.0. The highest BCUT2D eigenvalue weighted by atomic mass is 32.2. The van der Waals surface area contributed by atoms with Gasteiger partial charge in [-0.25, -0.2) is 17.8 Å². The summed E-state index contributed by atoms with van der Waals surface area (Å²) < 4.78 is 41.7. The Morgan fingerprint density at radius 1 is 1.03 bits per heavy atom. The second-order valence-electron chi connectivity index (χ2n) is 7.75. The molecule has 1 N–H and O–H groups in total. The molecule has 1 aromatic heterocycles. The lowest BCUT2D eigenvalue weighted by Gasteiger charge is -2.23. The number of nitrogens with zero attached hydrogens (tertiary/aromatic N) is 2. The average molecular weight is 482 g/mol. The number of carbonyl (C=O) groups excluding carboxylic acids is 1. The van der Waals surface area contributed by atoms with E-state index in [9.17, 15) is 17.6 Å². The van der Waals surface area contributed by atoms with Crippen molar-refractivity contribution >= 4 is 43.2 Å². The van der Waals surface area contributed by atoms with E-state index in [1.807, 2.05) is 42.5 Å². The first kappa shape index (κ1) is 21.7. The number of anilines is 1. The lowest BCUT2D eigenvalue weighted by molar-refractivity contribution is -0.119. The zero-order valence-electron chi connectivity index (χ0n) is 17.4. The van der Waals surface area contributed by atoms with E-state index < -0.39 is 27.8 Å². The van der Waals surface area contributed by atoms with Crippen LogP contribution in [0.1, 0.15) is 12.8 Å². The van der Waals surface area contributed by atoms with E-state index in [0.717, 1.165) is 32.9 Å². The van der Waals surface area contributed by atoms with Crippen molar-refractivity contribution in [2.24, 2.45) is 0 Å². The molecule has 0 unspecified atom stereocenters. The Morgan fingerprint density at radius 3 is 2.55 bits per heavy atom. The number of nitrogens with one attached hydrogen (secondary N) is 1. The number of sulfonamides is 1. The molecule has 1 atom stereocenters. The van der Waals surface area contributed by atoms with E-state index >= 15 is 0 Å². The maximum Gasteiger partial charge on any atom is 0.243 e. The van der Waals surface area contributed by atoms with Gasteiger partial charge in [0.2, 0.25) is 15.9 Å². The van der Waals surface area contributed by atoms with Gasteiger partial charge < -0.3 is 5.32 Å². The third kappa shape index (κ3) is 4.15. The molecule has 1 aliphatic heterocycles. The smallest absolute Gasteiger partial charge is 0.243 e. The number of benzene rings is 3. The Hall–Kier alpha value is -3.14. The number of halogens is 1. The summed E-state index contributed by atoms with van der Waals surface area (Å²) in [6.45, 7) is 0.233. The van der Waals surface area contributed by atoms with Crippen LogP contribution in [0.4, 0.5) is 10.1 Å². The van der Waals surface area contributed by atoms with Crippen molar-refractivity contribution in [2.75, 3.05) is 11.9 Å². The minimum atomic E-state index is -3.93. The Balaban J connectivity index is 1.42. The zero-order chi connectivity index (χ0) is 23.0. The molecular weight excluding hydrogens is 461 g/mol. The molecule has 168 valence electrons. The van der Waals surface area contributed by atoms with Crippen LogP contribution in [0.25, 0.3) is 20.8 Å². The quantitative estimate of drug-likeness (QED) is 0.440. The first-order valence-electron chi connectivity index (χ1n) is 10.5. The molecule has 0 saturated carbocycles. The molecule has 0 radical (unpaired) electrons. The Bertz CT molecular complexity index is 1400. The van der Waals surface area contributed by atoms with Gasteiger partial charge in [-0.2, -0.15) is 4.31 Å². The molecule has 1 amide bonds. The monoisotopic (exact) mass is 481 g/mol. The van der Waals surface area contributed by atoms with Gasteiger partial charge in [-0.05, 0) is 61.4 Å². The normalized spacial score (nSPS) is 16.8. The molecule has 6 nitrogen and oxygen atoms in total. The molecule has 1 saturated heterocycles. The average Bonchev–Trinajstić information content (AvgIpc) is 3.47. The molecule has 4 aromatic rings. The number of hydrogen-bond acceptors (Lipinski definition) is 5. The molecule has 5 rings (SSSR count). The predicted octanol–water partition coefficient (Wildman–Crippen LogP) is 4.89. The van der Waals surface area contributed by atoms with Crippen molar-refractivity contribution in [1.82, 2.24) is 9.29 Å². The first-order valence-corrected chi connectivity index (χ1v) is 12.7. The van der Waals surface area contributed by atoms with Crippen LogP contribution in [-0.2, 0) is 14.8 Å². The molecule has 0 spiro atoms. The van der Waals surface area contributed by atoms with E-state index in [0.29, 0.717) is 18.5 Å². The Labute approximate surface area is 194 Å². The number of aromatic nitrogens is 1. The molecule has 33 heavy (non-hydrogen) atoms. The van der Waals surface area contributed by atoms with Gasteiger partial charge in [0.15, 0.2) is 0 Å². The third-order valence-electron chi connectivity index (χ3n) is 5.64. The van der Waals surface area contributed by atoms with Gasteiger partial charge >= 0.3 is 0 Å². The van der Waals surface area contributed by atoms with E-state index in [-0.39, 0.29) is 11.4 Å². The lowest BCUT2D eigenvalue weighted by atomic mass is 10.1. The zero-order valence-corrected chi connectivity index (χ0v) is 19.1. The Kier molecular flexibility index (Phi) is 5.69. The predicted molar refractivity (Wildman–Crippen MR) is 127 cm³/mol. The van der Waals surface area contributed by atoms with Crippen molar-refractivity contribution in [3.8, 4) is 10.6 Å². The summed E-state index contributed by atoms with van der Waals surface area (Å²) >= 11 is 1.53. The molecule has 0 aliphatic carbocycles. The van der Waals surface area contributed by atoms with Crippen LogP contribution in [0, 0.1) is 5.82 Å². The van der Waals surface area contributed by atoms with Crippen LogP contribution in [0.2, 0.25) is 0 Å². The highest BCUT2D eigenvalue weighted by Crippen LogP contribution is 2.35. The van der Waals surface area contributed by atoms with Crippen LogP contribution in [0.15, 0.2) is 77.7 Å². The number of para-hydroxylation sites is 2. The minimum absolute atomic E-state index is 0.0292. The number of thiazole rings is 1. The maximum absolute atomic E-state index is 13.3. The van der Waals surface area contributed by atoms with Gasteiger partial charge in [-0.1, -0.05) is 24.3 Å². The number of hydrogen-bond donors (Lipinski definition) is 1. The van der Waals surface area contributed by atoms with Gasteiger partial charge in [0.1, 0.15) is 16.9 Å². The van der Waals surface area contributed by atoms with Crippen molar-refractivity contribution in [2.45, 2.75) is 23.8 Å². The highest BCUT2D eigenvalue weighted by Gasteiger charge is 2.39. The fourth-order valence-corrected chi connectivity index (χ4v) is 6.68. The highest BCUT2D eigenvalue weighted by molar-refractivity contribution is 7.89. The van der Waals surface area contributed by atoms with Crippen molar-refractivity contribution in [1.29, 1.82) is 0 Å². The number of rotatable bonds is 5. The van der Waals surface area contributed by atoms with Gasteiger partial charge in [-0.3, -0.25) is 4.79 Å². The SMILES string of the molecule is O=C(Nc1ccccc1-c1nc2ccccc2s1)[C@@H]1CCCN1S(=O)(=O)c1ccc(F)cc1. The van der Waals surface area contributed by atoms with Crippen LogP contribution < -0.4 is 5.32 Å². The molecule has 0 bridgehead atoms. The van der Waals surface area contributed by atoms with Gasteiger partial charge in [0.05, 0.1) is 20.8 Å². The van der Waals surface area contributed by atoms with E-state index in [1.165, 1.54) is 27.8 Å². The first-order chi connectivity index (χ1) is 15.9. The van der Waals surface area contributed by atoms with E-state index in [4.69, 9.17) is 0 Å². The van der Waals surface area contributed by atoms with Gasteiger partial charge in [0, 0.05) is 12.1 Å². The van der Waals surface area contributed by atoms with Crippen molar-refractivity contribution < 1.29 is 17.6 Å². The molecule has 2 heterocycles. The molecule has 3 aromatic carbocycles. The summed E-state index contributed by atoms with van der Waals surface area (Å²) in [7, 11) is -3.93. The van der Waals surface area contributed by atoms with Crippen LogP contribution in [0.3, 0.4) is 0 Å². The fraction of sp³-hybridized carbons (Fsp3) is 0.167. The van der Waals surface area contributed by atoms with Crippen molar-refractivity contribution in [3.05, 3.63) is 78.6 Å². The number of fused-ring (bicyclic) bond motifs is 1. The summed E-state index contributed by atoms with van der Waals surface area (Å²) in [6.07, 6.45) is 0.980. The second kappa shape index (κ2) is 8.66. The molecule has 1 aliphatic rings. The van der Waals surface area contributed by atoms with Crippen LogP contribution >= 0.6 is 11.3 Å². The third-order valence-corrected chi connectivity index (χ3v) is 8.63. The van der Waals surface area contributed by atoms with Crippen LogP contribution in [-0.4, -0.2) is 36.2 Å². The second-order valence-corrected chi connectivity index (χ2v) is 10.7. The van der Waals surface area contributed by atoms with E-state index in [2.05, 4.69) is 10.3 Å². The Morgan fingerprint density at radius 2 is 1.76 bits per heavy atom. The van der Waals surface area contributed by atoms with E-state index in [1.54, 1.807) is 6.07 Å². The van der Waals surface area contributed by atoms with Crippen LogP contribution in [0.5, 0.6) is 0 Å². The summed E-state index contributed by atoms with van der Waals surface area (Å²) in [5.74, 6) is -0.914. The topological polar surface area (TPSA) is 79.4 Å².